The van der Waals surface area contributed by atoms with Gasteiger partial charge in [-0.2, -0.15) is 0 Å². The highest BCUT2D eigenvalue weighted by Crippen LogP contribution is 2.14. The number of benzene rings is 1. The van der Waals surface area contributed by atoms with Crippen molar-refractivity contribution in [3.8, 4) is 0 Å². The Morgan fingerprint density at radius 3 is 2.95 bits per heavy atom. The molecule has 0 bridgehead atoms. The van der Waals surface area contributed by atoms with Crippen LogP contribution in [-0.2, 0) is 13.1 Å². The number of aromatic nitrogens is 3. The Labute approximate surface area is 124 Å². The largest absolute Gasteiger partial charge is 0.333 e. The second-order valence-electron chi connectivity index (χ2n) is 5.60. The van der Waals surface area contributed by atoms with E-state index in [2.05, 4.69) is 64.2 Å². The number of pyridine rings is 1. The quantitative estimate of drug-likeness (QED) is 0.781. The summed E-state index contributed by atoms with van der Waals surface area (Å²) in [6.45, 7) is 5.92. The summed E-state index contributed by atoms with van der Waals surface area (Å²) >= 11 is 0. The molecule has 108 valence electrons. The topological polar surface area (TPSA) is 42.7 Å². The Morgan fingerprint density at radius 1 is 1.19 bits per heavy atom. The van der Waals surface area contributed by atoms with Gasteiger partial charge in [0.2, 0.25) is 0 Å². The highest BCUT2D eigenvalue weighted by molar-refractivity contribution is 5.78. The molecule has 0 atom stereocenters. The lowest BCUT2D eigenvalue weighted by Crippen LogP contribution is -2.21. The summed E-state index contributed by atoms with van der Waals surface area (Å²) in [5.74, 6) is 0. The predicted octanol–water partition coefficient (Wildman–Crippen LogP) is 2.98. The molecule has 1 aromatic carbocycles. The molecule has 4 heteroatoms. The third-order valence-electron chi connectivity index (χ3n) is 3.41. The van der Waals surface area contributed by atoms with Crippen LogP contribution < -0.4 is 5.32 Å². The first-order chi connectivity index (χ1) is 10.2. The molecule has 0 saturated carbocycles. The highest BCUT2D eigenvalue weighted by Gasteiger charge is 2.02. The summed E-state index contributed by atoms with van der Waals surface area (Å²) in [4.78, 5) is 8.78. The van der Waals surface area contributed by atoms with Crippen LogP contribution >= 0.6 is 0 Å². The van der Waals surface area contributed by atoms with Crippen LogP contribution in [0.15, 0.2) is 49.1 Å². The molecule has 0 aliphatic rings. The van der Waals surface area contributed by atoms with Crippen LogP contribution in [0.5, 0.6) is 0 Å². The van der Waals surface area contributed by atoms with Crippen LogP contribution in [0.1, 0.15) is 25.1 Å². The lowest BCUT2D eigenvalue weighted by atomic mass is 10.1. The van der Waals surface area contributed by atoms with Gasteiger partial charge < -0.3 is 9.88 Å². The molecule has 0 spiro atoms. The zero-order valence-corrected chi connectivity index (χ0v) is 12.5. The maximum atomic E-state index is 4.43. The fourth-order valence-corrected chi connectivity index (χ4v) is 2.33. The second-order valence-corrected chi connectivity index (χ2v) is 5.60. The zero-order valence-electron chi connectivity index (χ0n) is 12.5. The van der Waals surface area contributed by atoms with Crippen LogP contribution in [0.25, 0.3) is 10.9 Å². The molecule has 3 rings (SSSR count). The van der Waals surface area contributed by atoms with Crippen molar-refractivity contribution in [2.75, 3.05) is 0 Å². The predicted molar refractivity (Wildman–Crippen MR) is 85.0 cm³/mol. The van der Waals surface area contributed by atoms with Crippen molar-refractivity contribution >= 4 is 10.9 Å². The Morgan fingerprint density at radius 2 is 2.10 bits per heavy atom. The third-order valence-corrected chi connectivity index (χ3v) is 3.41. The molecule has 21 heavy (non-hydrogen) atoms. The lowest BCUT2D eigenvalue weighted by molar-refractivity contribution is 0.582. The minimum Gasteiger partial charge on any atom is -0.333 e. The summed E-state index contributed by atoms with van der Waals surface area (Å²) in [6, 6.07) is 10.9. The summed E-state index contributed by atoms with van der Waals surface area (Å²) < 4.78 is 2.12. The smallest absolute Gasteiger partial charge is 0.0953 e. The van der Waals surface area contributed by atoms with Gasteiger partial charge in [0.15, 0.2) is 0 Å². The molecule has 0 unspecified atom stereocenters. The maximum Gasteiger partial charge on any atom is 0.0953 e. The Kier molecular flexibility index (Phi) is 3.97. The lowest BCUT2D eigenvalue weighted by Gasteiger charge is -2.05. The first kappa shape index (κ1) is 13.8. The van der Waals surface area contributed by atoms with E-state index in [-0.39, 0.29) is 0 Å². The van der Waals surface area contributed by atoms with Gasteiger partial charge in [-0.1, -0.05) is 26.0 Å². The van der Waals surface area contributed by atoms with E-state index in [1.165, 1.54) is 10.9 Å². The van der Waals surface area contributed by atoms with Gasteiger partial charge >= 0.3 is 0 Å². The minimum atomic E-state index is 0.475. The van der Waals surface area contributed by atoms with Crippen molar-refractivity contribution in [1.29, 1.82) is 0 Å². The Bertz CT molecular complexity index is 730. The van der Waals surface area contributed by atoms with Crippen LogP contribution in [-0.4, -0.2) is 20.6 Å². The molecule has 2 heterocycles. The van der Waals surface area contributed by atoms with E-state index in [1.807, 2.05) is 18.6 Å². The van der Waals surface area contributed by atoms with Crippen molar-refractivity contribution < 1.29 is 0 Å². The zero-order chi connectivity index (χ0) is 14.7. The van der Waals surface area contributed by atoms with Crippen molar-refractivity contribution in [3.05, 3.63) is 60.3 Å². The molecule has 0 fully saturated rings. The average molecular weight is 280 g/mol. The van der Waals surface area contributed by atoms with Crippen LogP contribution in [0.4, 0.5) is 0 Å². The van der Waals surface area contributed by atoms with Crippen molar-refractivity contribution in [2.24, 2.45) is 0 Å². The van der Waals surface area contributed by atoms with Crippen molar-refractivity contribution in [2.45, 2.75) is 33.0 Å². The number of imidazole rings is 1. The van der Waals surface area contributed by atoms with E-state index in [0.717, 1.165) is 24.3 Å². The second kappa shape index (κ2) is 6.06. The number of hydrogen-bond acceptors (Lipinski definition) is 3. The first-order valence-corrected chi connectivity index (χ1v) is 7.28. The van der Waals surface area contributed by atoms with Gasteiger partial charge in [-0.25, -0.2) is 4.98 Å². The third kappa shape index (κ3) is 3.47. The SMILES string of the molecule is CC(C)NCc1cn(Cc2ccc3ncccc3c2)cn1. The summed E-state index contributed by atoms with van der Waals surface area (Å²) in [6.07, 6.45) is 5.82. The number of fused-ring (bicyclic) bond motifs is 1. The average Bonchev–Trinajstić information content (AvgIpc) is 2.92. The van der Waals surface area contributed by atoms with E-state index in [1.54, 1.807) is 0 Å². The Balaban J connectivity index is 1.72. The summed E-state index contributed by atoms with van der Waals surface area (Å²) in [5.41, 5.74) is 3.37. The van der Waals surface area contributed by atoms with Crippen LogP contribution in [0.3, 0.4) is 0 Å². The molecule has 1 N–H and O–H groups in total. The van der Waals surface area contributed by atoms with Gasteiger partial charge in [-0.05, 0) is 23.8 Å². The van der Waals surface area contributed by atoms with Gasteiger partial charge in [0.1, 0.15) is 0 Å². The van der Waals surface area contributed by atoms with Crippen molar-refractivity contribution in [3.63, 3.8) is 0 Å². The molecule has 0 saturated heterocycles. The van der Waals surface area contributed by atoms with E-state index in [0.29, 0.717) is 6.04 Å². The van der Waals surface area contributed by atoms with Gasteiger partial charge in [0, 0.05) is 36.9 Å². The normalized spacial score (nSPS) is 11.4. The van der Waals surface area contributed by atoms with E-state index in [4.69, 9.17) is 0 Å². The highest BCUT2D eigenvalue weighted by atomic mass is 15.0. The van der Waals surface area contributed by atoms with Gasteiger partial charge in [0.05, 0.1) is 17.5 Å². The maximum absolute atomic E-state index is 4.43. The molecule has 0 radical (unpaired) electrons. The van der Waals surface area contributed by atoms with Gasteiger partial charge in [0.25, 0.3) is 0 Å². The molecule has 0 aliphatic heterocycles. The number of hydrogen-bond donors (Lipinski definition) is 1. The van der Waals surface area contributed by atoms with Gasteiger partial charge in [-0.15, -0.1) is 0 Å². The molecule has 3 aromatic rings. The van der Waals surface area contributed by atoms with Crippen LogP contribution in [0.2, 0.25) is 0 Å². The van der Waals surface area contributed by atoms with E-state index >= 15 is 0 Å². The minimum absolute atomic E-state index is 0.475. The standard InChI is InChI=1S/C17H20N4/c1-13(2)19-9-16-11-21(12-20-16)10-14-5-6-17-15(8-14)4-3-7-18-17/h3-8,11-13,19H,9-10H2,1-2H3. The van der Waals surface area contributed by atoms with E-state index < -0.39 is 0 Å². The van der Waals surface area contributed by atoms with E-state index in [9.17, 15) is 0 Å². The molecule has 0 amide bonds. The number of rotatable bonds is 5. The molecule has 0 aliphatic carbocycles. The first-order valence-electron chi connectivity index (χ1n) is 7.28. The van der Waals surface area contributed by atoms with Gasteiger partial charge in [-0.3, -0.25) is 4.98 Å². The number of nitrogens with zero attached hydrogens (tertiary/aromatic N) is 3. The molecule has 2 aromatic heterocycles. The summed E-state index contributed by atoms with van der Waals surface area (Å²) in [7, 11) is 0. The number of nitrogens with one attached hydrogen (secondary N) is 1. The fraction of sp³-hybridized carbons (Fsp3) is 0.294. The summed E-state index contributed by atoms with van der Waals surface area (Å²) in [5, 5.41) is 4.56. The van der Waals surface area contributed by atoms with Crippen LogP contribution in [0, 0.1) is 0 Å². The molecular weight excluding hydrogens is 260 g/mol. The fourth-order valence-electron chi connectivity index (χ4n) is 2.33. The molecule has 4 nitrogen and oxygen atoms in total. The van der Waals surface area contributed by atoms with Crippen molar-refractivity contribution in [1.82, 2.24) is 19.9 Å². The monoisotopic (exact) mass is 280 g/mol. The Hall–Kier alpha value is -2.20. The molecular formula is C17H20N4.